The maximum Gasteiger partial charge on any atom is 0.330 e. The highest BCUT2D eigenvalue weighted by atomic mass is 35.5. The topological polar surface area (TPSA) is 114 Å². The fourth-order valence-electron chi connectivity index (χ4n) is 2.64. The van der Waals surface area contributed by atoms with Crippen LogP contribution in [0.1, 0.15) is 50.6 Å². The van der Waals surface area contributed by atoms with Crippen molar-refractivity contribution in [1.82, 2.24) is 9.55 Å². The van der Waals surface area contributed by atoms with E-state index in [0.717, 1.165) is 6.42 Å². The first-order valence-corrected chi connectivity index (χ1v) is 9.33. The summed E-state index contributed by atoms with van der Waals surface area (Å²) in [5.41, 5.74) is 4.80. The minimum absolute atomic E-state index is 0.00568. The van der Waals surface area contributed by atoms with Gasteiger partial charge in [0.25, 0.3) is 11.5 Å². The van der Waals surface area contributed by atoms with Crippen molar-refractivity contribution in [1.29, 1.82) is 0 Å². The number of nitrogens with zero attached hydrogens (tertiary/aromatic N) is 2. The van der Waals surface area contributed by atoms with Crippen molar-refractivity contribution in [3.8, 4) is 0 Å². The van der Waals surface area contributed by atoms with E-state index in [9.17, 15) is 14.4 Å². The molecule has 9 heteroatoms. The number of aromatic amines is 1. The van der Waals surface area contributed by atoms with Gasteiger partial charge in [-0.05, 0) is 42.5 Å². The zero-order chi connectivity index (χ0) is 20.1. The van der Waals surface area contributed by atoms with Crippen LogP contribution in [-0.2, 0) is 6.54 Å². The minimum atomic E-state index is -0.708. The molecule has 3 N–H and O–H groups in total. The number of hydrogen-bond acceptors (Lipinski definition) is 5. The van der Waals surface area contributed by atoms with E-state index in [2.05, 4.69) is 4.98 Å². The summed E-state index contributed by atoms with van der Waals surface area (Å²) >= 11 is 5.77. The van der Waals surface area contributed by atoms with E-state index in [1.165, 1.54) is 21.6 Å². The van der Waals surface area contributed by atoms with Crippen LogP contribution in [-0.4, -0.2) is 22.0 Å². The molecule has 0 unspecified atom stereocenters. The summed E-state index contributed by atoms with van der Waals surface area (Å²) in [6.45, 7) is 6.58. The number of rotatable bonds is 8. The summed E-state index contributed by atoms with van der Waals surface area (Å²) < 4.78 is 6.49. The first kappa shape index (κ1) is 20.8. The Morgan fingerprint density at radius 1 is 1.37 bits per heavy atom. The van der Waals surface area contributed by atoms with Crippen molar-refractivity contribution in [2.24, 2.45) is 5.92 Å². The Morgan fingerprint density at radius 3 is 2.63 bits per heavy atom. The van der Waals surface area contributed by atoms with Gasteiger partial charge in [-0.15, -0.1) is 0 Å². The fourth-order valence-corrected chi connectivity index (χ4v) is 2.79. The lowest BCUT2D eigenvalue weighted by Gasteiger charge is -2.24. The Kier molecular flexibility index (Phi) is 6.90. The molecule has 1 amide bonds. The Labute approximate surface area is 161 Å². The molecular formula is C18H25ClN4O4. The third-order valence-corrected chi connectivity index (χ3v) is 4.38. The molecule has 0 spiro atoms. The predicted octanol–water partition coefficient (Wildman–Crippen LogP) is 2.86. The van der Waals surface area contributed by atoms with E-state index in [-0.39, 0.29) is 34.9 Å². The van der Waals surface area contributed by atoms with Crippen molar-refractivity contribution < 1.29 is 9.21 Å². The van der Waals surface area contributed by atoms with Crippen LogP contribution < -0.4 is 21.9 Å². The molecule has 148 valence electrons. The minimum Gasteiger partial charge on any atom is -0.440 e. The van der Waals surface area contributed by atoms with Gasteiger partial charge in [-0.1, -0.05) is 27.2 Å². The van der Waals surface area contributed by atoms with Crippen molar-refractivity contribution in [2.75, 3.05) is 17.2 Å². The molecule has 8 nitrogen and oxygen atoms in total. The van der Waals surface area contributed by atoms with Gasteiger partial charge in [0, 0.05) is 13.1 Å². The number of furan rings is 1. The summed E-state index contributed by atoms with van der Waals surface area (Å²) in [7, 11) is 0. The molecule has 0 atom stereocenters. The first-order valence-electron chi connectivity index (χ1n) is 8.96. The number of halogens is 1. The summed E-state index contributed by atoms with van der Waals surface area (Å²) in [4.78, 5) is 41.1. The zero-order valence-corrected chi connectivity index (χ0v) is 16.5. The second-order valence-electron chi connectivity index (χ2n) is 6.74. The number of aromatic nitrogens is 2. The van der Waals surface area contributed by atoms with Crippen molar-refractivity contribution >= 4 is 29.0 Å². The maximum atomic E-state index is 13.0. The van der Waals surface area contributed by atoms with E-state index >= 15 is 0 Å². The number of nitrogens with one attached hydrogen (secondary N) is 1. The van der Waals surface area contributed by atoms with E-state index in [4.69, 9.17) is 21.8 Å². The lowest BCUT2D eigenvalue weighted by molar-refractivity contribution is 0.0959. The Bertz CT molecular complexity index is 913. The number of anilines is 2. The highest BCUT2D eigenvalue weighted by molar-refractivity contribution is 6.29. The molecule has 0 saturated carbocycles. The van der Waals surface area contributed by atoms with Gasteiger partial charge in [0.2, 0.25) is 0 Å². The predicted molar refractivity (Wildman–Crippen MR) is 105 cm³/mol. The van der Waals surface area contributed by atoms with Crippen molar-refractivity contribution in [3.05, 3.63) is 44.0 Å². The number of nitrogen functional groups attached to an aromatic ring is 1. The third kappa shape index (κ3) is 4.82. The molecule has 0 aliphatic heterocycles. The molecule has 27 heavy (non-hydrogen) atoms. The summed E-state index contributed by atoms with van der Waals surface area (Å²) in [6, 6.07) is 2.88. The van der Waals surface area contributed by atoms with Gasteiger partial charge in [0.05, 0.1) is 0 Å². The van der Waals surface area contributed by atoms with Gasteiger partial charge in [-0.25, -0.2) is 4.79 Å². The number of amides is 1. The van der Waals surface area contributed by atoms with Gasteiger partial charge in [0.1, 0.15) is 5.82 Å². The SMILES string of the molecule is CCCCn1c(N)c(N(CCC(C)C)C(=O)c2ccc(Cl)o2)c(=O)[nH]c1=O. The quantitative estimate of drug-likeness (QED) is 0.711. The number of carbonyl (C=O) groups excluding carboxylic acids is 1. The second kappa shape index (κ2) is 8.94. The first-order chi connectivity index (χ1) is 12.8. The van der Waals surface area contributed by atoms with E-state index in [1.54, 1.807) is 0 Å². The molecule has 0 aromatic carbocycles. The van der Waals surface area contributed by atoms with Crippen molar-refractivity contribution in [2.45, 2.75) is 46.6 Å². The van der Waals surface area contributed by atoms with Crippen LogP contribution in [0.15, 0.2) is 26.1 Å². The number of H-pyrrole nitrogens is 1. The van der Waals surface area contributed by atoms with E-state index in [1.807, 2.05) is 20.8 Å². The average Bonchev–Trinajstić information content (AvgIpc) is 3.03. The van der Waals surface area contributed by atoms with Crippen LogP contribution in [0.4, 0.5) is 11.5 Å². The molecule has 0 fully saturated rings. The van der Waals surface area contributed by atoms with E-state index in [0.29, 0.717) is 19.4 Å². The molecule has 2 heterocycles. The second-order valence-corrected chi connectivity index (χ2v) is 7.11. The molecule has 2 rings (SSSR count). The van der Waals surface area contributed by atoms with Crippen LogP contribution in [0.3, 0.4) is 0 Å². The fraction of sp³-hybridized carbons (Fsp3) is 0.500. The normalized spacial score (nSPS) is 11.1. The number of unbranched alkanes of at least 4 members (excludes halogenated alkanes) is 1. The number of nitrogens with two attached hydrogens (primary N) is 1. The van der Waals surface area contributed by atoms with E-state index < -0.39 is 17.2 Å². The number of carbonyl (C=O) groups is 1. The van der Waals surface area contributed by atoms with Gasteiger partial charge >= 0.3 is 5.69 Å². The Hall–Kier alpha value is -2.48. The van der Waals surface area contributed by atoms with Gasteiger partial charge in [-0.2, -0.15) is 0 Å². The van der Waals surface area contributed by atoms with Crippen LogP contribution in [0.5, 0.6) is 0 Å². The molecule has 0 aliphatic rings. The van der Waals surface area contributed by atoms with Gasteiger partial charge < -0.3 is 10.2 Å². The van der Waals surface area contributed by atoms with Crippen LogP contribution in [0, 0.1) is 5.92 Å². The third-order valence-electron chi connectivity index (χ3n) is 4.18. The standard InChI is InChI=1S/C18H25ClN4O4/c1-4-5-9-23-15(20)14(16(24)21-18(23)26)22(10-8-11(2)3)17(25)12-6-7-13(19)27-12/h6-7,11H,4-5,8-10,20H2,1-3H3,(H,21,24,26). The highest BCUT2D eigenvalue weighted by Crippen LogP contribution is 2.23. The zero-order valence-electron chi connectivity index (χ0n) is 15.8. The van der Waals surface area contributed by atoms with Crippen LogP contribution >= 0.6 is 11.6 Å². The lowest BCUT2D eigenvalue weighted by atomic mass is 10.1. The number of hydrogen-bond donors (Lipinski definition) is 2. The maximum absolute atomic E-state index is 13.0. The average molecular weight is 397 g/mol. The van der Waals surface area contributed by atoms with Crippen LogP contribution in [0.25, 0.3) is 0 Å². The van der Waals surface area contributed by atoms with Crippen LogP contribution in [0.2, 0.25) is 5.22 Å². The molecule has 0 aliphatic carbocycles. The molecule has 2 aromatic heterocycles. The molecule has 0 bridgehead atoms. The molecular weight excluding hydrogens is 372 g/mol. The molecule has 2 aromatic rings. The molecule has 0 saturated heterocycles. The van der Waals surface area contributed by atoms with Gasteiger partial charge in [0.15, 0.2) is 16.7 Å². The largest absolute Gasteiger partial charge is 0.440 e. The van der Waals surface area contributed by atoms with Gasteiger partial charge in [-0.3, -0.25) is 24.0 Å². The highest BCUT2D eigenvalue weighted by Gasteiger charge is 2.27. The monoisotopic (exact) mass is 396 g/mol. The van der Waals surface area contributed by atoms with Crippen molar-refractivity contribution in [3.63, 3.8) is 0 Å². The lowest BCUT2D eigenvalue weighted by Crippen LogP contribution is -2.41. The summed E-state index contributed by atoms with van der Waals surface area (Å²) in [5, 5.41) is 0.0666. The molecule has 0 radical (unpaired) electrons. The summed E-state index contributed by atoms with van der Waals surface area (Å²) in [5.74, 6) is -0.298. The summed E-state index contributed by atoms with van der Waals surface area (Å²) in [6.07, 6.45) is 2.19. The Balaban J connectivity index is 2.56. The Morgan fingerprint density at radius 2 is 2.07 bits per heavy atom. The smallest absolute Gasteiger partial charge is 0.330 e.